The summed E-state index contributed by atoms with van der Waals surface area (Å²) in [5.74, 6) is -1.53. The van der Waals surface area contributed by atoms with Gasteiger partial charge in [0.1, 0.15) is 12.7 Å². The lowest BCUT2D eigenvalue weighted by atomic mass is 10.0. The topological polar surface area (TPSA) is 108 Å². The molecule has 2 rings (SSSR count). The minimum atomic E-state index is -1.33. The van der Waals surface area contributed by atoms with Gasteiger partial charge in [-0.05, 0) is 6.92 Å². The highest BCUT2D eigenvalue weighted by molar-refractivity contribution is 5.87. The number of carbonyl (C=O) groups excluding carboxylic acids is 3. The fourth-order valence-corrected chi connectivity index (χ4v) is 1.71. The Balaban J connectivity index is 1.99. The van der Waals surface area contributed by atoms with E-state index in [1.165, 1.54) is 6.92 Å². The molecule has 1 N–H and O–H groups in total. The lowest BCUT2D eigenvalue weighted by molar-refractivity contribution is -0.193. The van der Waals surface area contributed by atoms with E-state index in [2.05, 4.69) is 16.1 Å². The van der Waals surface area contributed by atoms with Crippen LogP contribution in [0.2, 0.25) is 0 Å². The normalized spacial score (nSPS) is 32.7. The number of ether oxygens (including phenoxy) is 4. The summed E-state index contributed by atoms with van der Waals surface area (Å²) in [7, 11) is 0. The van der Waals surface area contributed by atoms with Crippen molar-refractivity contribution >= 4 is 18.1 Å². The number of rotatable bonds is 3. The van der Waals surface area contributed by atoms with Gasteiger partial charge in [-0.2, -0.15) is 0 Å². The van der Waals surface area contributed by atoms with E-state index >= 15 is 0 Å². The number of hydrogen-bond acceptors (Lipinski definition) is 8. The summed E-state index contributed by atoms with van der Waals surface area (Å²) < 4.78 is 18.8. The smallest absolute Gasteiger partial charge is 0.458 e. The van der Waals surface area contributed by atoms with Crippen molar-refractivity contribution in [3.05, 3.63) is 12.2 Å². The predicted octanol–water partition coefficient (Wildman–Crippen LogP) is -0.704. The van der Waals surface area contributed by atoms with Gasteiger partial charge in [-0.1, -0.05) is 6.58 Å². The van der Waals surface area contributed by atoms with Crippen LogP contribution in [0.5, 0.6) is 0 Å². The van der Waals surface area contributed by atoms with Crippen LogP contribution in [0.1, 0.15) is 6.92 Å². The quantitative estimate of drug-likeness (QED) is 0.408. The van der Waals surface area contributed by atoms with E-state index in [1.54, 1.807) is 0 Å². The van der Waals surface area contributed by atoms with Gasteiger partial charge >= 0.3 is 18.1 Å². The third kappa shape index (κ3) is 2.53. The van der Waals surface area contributed by atoms with Crippen LogP contribution in [0.4, 0.5) is 4.79 Å². The first-order valence-electron chi connectivity index (χ1n) is 5.48. The number of esters is 2. The summed E-state index contributed by atoms with van der Waals surface area (Å²) in [6.07, 6.45) is -5.93. The summed E-state index contributed by atoms with van der Waals surface area (Å²) in [5.41, 5.74) is 0.171. The molecule has 19 heavy (non-hydrogen) atoms. The average molecular weight is 272 g/mol. The first-order valence-corrected chi connectivity index (χ1v) is 5.48. The largest absolute Gasteiger partial charge is 0.509 e. The Hall–Kier alpha value is -2.09. The molecule has 2 fully saturated rings. The maximum Gasteiger partial charge on any atom is 0.509 e. The standard InChI is InChI=1S/C11H12O8/c1-4(2)9(13)16-3-5-6(12)7-8(10(14)17-5)19-11(15)18-7/h5-8,12H,1,3H2,2H3/t5-,6-,7+,8+/m1/s1. The molecule has 0 aliphatic carbocycles. The molecule has 8 nitrogen and oxygen atoms in total. The molecule has 0 spiro atoms. The van der Waals surface area contributed by atoms with E-state index in [0.29, 0.717) is 0 Å². The molecule has 8 heteroatoms. The van der Waals surface area contributed by atoms with Crippen LogP contribution in [0, 0.1) is 0 Å². The van der Waals surface area contributed by atoms with Crippen molar-refractivity contribution in [1.29, 1.82) is 0 Å². The van der Waals surface area contributed by atoms with E-state index < -0.39 is 42.5 Å². The van der Waals surface area contributed by atoms with Crippen molar-refractivity contribution in [2.24, 2.45) is 0 Å². The van der Waals surface area contributed by atoms with Crippen LogP contribution in [0.3, 0.4) is 0 Å². The van der Waals surface area contributed by atoms with Crippen LogP contribution in [0.25, 0.3) is 0 Å². The Kier molecular flexibility index (Phi) is 3.43. The molecule has 0 unspecified atom stereocenters. The average Bonchev–Trinajstić information content (AvgIpc) is 2.74. The maximum absolute atomic E-state index is 11.5. The van der Waals surface area contributed by atoms with Gasteiger partial charge in [0.25, 0.3) is 0 Å². The first-order chi connectivity index (χ1) is 8.90. The zero-order valence-electron chi connectivity index (χ0n) is 10.0. The number of hydrogen-bond donors (Lipinski definition) is 1. The molecule has 104 valence electrons. The third-order valence-corrected chi connectivity index (χ3v) is 2.70. The van der Waals surface area contributed by atoms with Crippen molar-refractivity contribution in [2.75, 3.05) is 6.61 Å². The lowest BCUT2D eigenvalue weighted by Gasteiger charge is -2.32. The molecular weight excluding hydrogens is 260 g/mol. The highest BCUT2D eigenvalue weighted by Gasteiger charge is 2.54. The van der Waals surface area contributed by atoms with Gasteiger partial charge in [0, 0.05) is 5.57 Å². The van der Waals surface area contributed by atoms with E-state index in [0.717, 1.165) is 0 Å². The molecule has 0 radical (unpaired) electrons. The second-order valence-corrected chi connectivity index (χ2v) is 4.22. The molecule has 2 aliphatic heterocycles. The zero-order chi connectivity index (χ0) is 14.2. The van der Waals surface area contributed by atoms with E-state index in [1.807, 2.05) is 0 Å². The van der Waals surface area contributed by atoms with Crippen LogP contribution < -0.4 is 0 Å². The van der Waals surface area contributed by atoms with Crippen molar-refractivity contribution in [3.63, 3.8) is 0 Å². The van der Waals surface area contributed by atoms with Crippen molar-refractivity contribution in [3.8, 4) is 0 Å². The first kappa shape index (κ1) is 13.3. The maximum atomic E-state index is 11.5. The molecule has 0 bridgehead atoms. The molecule has 4 atom stereocenters. The molecule has 0 saturated carbocycles. The Morgan fingerprint density at radius 1 is 1.37 bits per heavy atom. The van der Waals surface area contributed by atoms with Gasteiger partial charge in [0.15, 0.2) is 12.2 Å². The summed E-state index contributed by atoms with van der Waals surface area (Å²) in [5, 5.41) is 9.88. The van der Waals surface area contributed by atoms with Crippen molar-refractivity contribution in [2.45, 2.75) is 31.3 Å². The fraction of sp³-hybridized carbons (Fsp3) is 0.545. The van der Waals surface area contributed by atoms with Crippen LogP contribution in [0.15, 0.2) is 12.2 Å². The van der Waals surface area contributed by atoms with Crippen LogP contribution in [-0.2, 0) is 28.5 Å². The summed E-state index contributed by atoms with van der Waals surface area (Å²) in [6, 6.07) is 0. The number of carbonyl (C=O) groups is 3. The second-order valence-electron chi connectivity index (χ2n) is 4.22. The molecule has 0 aromatic heterocycles. The highest BCUT2D eigenvalue weighted by Crippen LogP contribution is 2.27. The van der Waals surface area contributed by atoms with Gasteiger partial charge in [-0.15, -0.1) is 0 Å². The number of aliphatic hydroxyl groups is 1. The Morgan fingerprint density at radius 2 is 2.05 bits per heavy atom. The Labute approximate surface area is 107 Å². The van der Waals surface area contributed by atoms with Gasteiger partial charge < -0.3 is 24.1 Å². The zero-order valence-corrected chi connectivity index (χ0v) is 10.0. The molecule has 2 saturated heterocycles. The van der Waals surface area contributed by atoms with Gasteiger partial charge in [-0.3, -0.25) is 0 Å². The SMILES string of the molecule is C=C(C)C(=O)OC[C@H]1OC(=O)[C@H]2OC(=O)O[C@H]2[C@@H]1O. The number of aliphatic hydroxyl groups excluding tert-OH is 1. The minimum absolute atomic E-state index is 0.171. The predicted molar refractivity (Wildman–Crippen MR) is 56.8 cm³/mol. The molecular formula is C11H12O8. The molecule has 0 amide bonds. The van der Waals surface area contributed by atoms with Crippen LogP contribution >= 0.6 is 0 Å². The van der Waals surface area contributed by atoms with Crippen molar-refractivity contribution < 1.29 is 38.4 Å². The fourth-order valence-electron chi connectivity index (χ4n) is 1.71. The summed E-state index contributed by atoms with van der Waals surface area (Å²) in [6.45, 7) is 4.47. The van der Waals surface area contributed by atoms with E-state index in [9.17, 15) is 19.5 Å². The number of cyclic esters (lactones) is 1. The molecule has 2 heterocycles. The lowest BCUT2D eigenvalue weighted by Crippen LogP contribution is -2.55. The highest BCUT2D eigenvalue weighted by atomic mass is 16.8. The second kappa shape index (κ2) is 4.88. The molecule has 0 aromatic carbocycles. The Bertz CT molecular complexity index is 442. The molecule has 2 aliphatic rings. The van der Waals surface area contributed by atoms with E-state index in [4.69, 9.17) is 9.47 Å². The van der Waals surface area contributed by atoms with Gasteiger partial charge in [0.2, 0.25) is 6.10 Å². The summed E-state index contributed by atoms with van der Waals surface area (Å²) in [4.78, 5) is 33.6. The Morgan fingerprint density at radius 3 is 2.68 bits per heavy atom. The summed E-state index contributed by atoms with van der Waals surface area (Å²) >= 11 is 0. The van der Waals surface area contributed by atoms with Gasteiger partial charge in [0.05, 0.1) is 0 Å². The van der Waals surface area contributed by atoms with E-state index in [-0.39, 0.29) is 12.2 Å². The van der Waals surface area contributed by atoms with Crippen LogP contribution in [-0.4, -0.2) is 54.2 Å². The third-order valence-electron chi connectivity index (χ3n) is 2.70. The number of fused-ring (bicyclic) bond motifs is 1. The monoisotopic (exact) mass is 272 g/mol. The van der Waals surface area contributed by atoms with Crippen molar-refractivity contribution in [1.82, 2.24) is 0 Å². The van der Waals surface area contributed by atoms with Gasteiger partial charge in [-0.25, -0.2) is 14.4 Å². The minimum Gasteiger partial charge on any atom is -0.458 e. The molecule has 0 aromatic rings.